The molecule has 0 atom stereocenters. The zero-order valence-corrected chi connectivity index (χ0v) is 12.3. The van der Waals surface area contributed by atoms with Gasteiger partial charge in [-0.05, 0) is 19.1 Å². The van der Waals surface area contributed by atoms with Crippen molar-refractivity contribution in [1.82, 2.24) is 0 Å². The predicted octanol–water partition coefficient (Wildman–Crippen LogP) is 3.51. The first-order valence-corrected chi connectivity index (χ1v) is 6.41. The number of carbonyl (C=O) groups is 2. The van der Waals surface area contributed by atoms with Gasteiger partial charge >= 0.3 is 5.97 Å². The van der Waals surface area contributed by atoms with Crippen LogP contribution in [0.3, 0.4) is 0 Å². The molecule has 0 unspecified atom stereocenters. The molecule has 0 aromatic heterocycles. The molecule has 0 bridgehead atoms. The fourth-order valence-corrected chi connectivity index (χ4v) is 1.50. The van der Waals surface area contributed by atoms with Crippen LogP contribution < -0.4 is 9.47 Å². The van der Waals surface area contributed by atoms with E-state index in [4.69, 9.17) is 9.47 Å². The first kappa shape index (κ1) is 16.4. The second-order valence-corrected chi connectivity index (χ2v) is 4.19. The molecular formula is C17H18O4. The van der Waals surface area contributed by atoms with Crippen molar-refractivity contribution in [3.8, 4) is 11.5 Å². The summed E-state index contributed by atoms with van der Waals surface area (Å²) in [4.78, 5) is 21.2. The number of ketones is 1. The maximum atomic E-state index is 10.6. The minimum absolute atomic E-state index is 0.121. The van der Waals surface area contributed by atoms with Crippen LogP contribution in [-0.2, 0) is 4.79 Å². The molecule has 0 saturated heterocycles. The quantitative estimate of drug-likeness (QED) is 0.492. The normalized spacial score (nSPS) is 9.10. The third kappa shape index (κ3) is 6.38. The van der Waals surface area contributed by atoms with Crippen molar-refractivity contribution in [3.63, 3.8) is 0 Å². The van der Waals surface area contributed by atoms with Gasteiger partial charge in [-0.2, -0.15) is 0 Å². The van der Waals surface area contributed by atoms with Gasteiger partial charge in [-0.1, -0.05) is 36.4 Å². The molecule has 0 heterocycles. The number of rotatable bonds is 3. The Kier molecular flexibility index (Phi) is 6.68. The van der Waals surface area contributed by atoms with Crippen molar-refractivity contribution in [2.45, 2.75) is 13.8 Å². The summed E-state index contributed by atoms with van der Waals surface area (Å²) in [5.74, 6) is 0.967. The molecule has 2 aromatic carbocycles. The minimum atomic E-state index is -0.330. The molecule has 0 aliphatic carbocycles. The van der Waals surface area contributed by atoms with E-state index in [1.165, 1.54) is 6.92 Å². The largest absolute Gasteiger partial charge is 0.497 e. The lowest BCUT2D eigenvalue weighted by Crippen LogP contribution is -2.01. The molecule has 0 fully saturated rings. The summed E-state index contributed by atoms with van der Waals surface area (Å²) in [6, 6.07) is 16.1. The Morgan fingerprint density at radius 3 is 1.95 bits per heavy atom. The van der Waals surface area contributed by atoms with Crippen molar-refractivity contribution < 1.29 is 19.1 Å². The molecule has 0 aliphatic heterocycles. The monoisotopic (exact) mass is 286 g/mol. The van der Waals surface area contributed by atoms with Crippen LogP contribution in [0.1, 0.15) is 24.2 Å². The average molecular weight is 286 g/mol. The topological polar surface area (TPSA) is 52.6 Å². The number of benzene rings is 2. The molecule has 4 nitrogen and oxygen atoms in total. The lowest BCUT2D eigenvalue weighted by molar-refractivity contribution is -0.131. The Hall–Kier alpha value is -2.62. The van der Waals surface area contributed by atoms with Gasteiger partial charge in [-0.15, -0.1) is 0 Å². The highest BCUT2D eigenvalue weighted by atomic mass is 16.5. The molecule has 4 heteroatoms. The highest BCUT2D eigenvalue weighted by molar-refractivity contribution is 5.93. The standard InChI is InChI=1S/C9H10O3.C8H8O/c1-7(10)12-9-5-3-4-8(6-9)11-2;1-7(9)8-5-3-2-4-6-8/h3-6H,1-2H3;2-6H,1H3. The van der Waals surface area contributed by atoms with Gasteiger partial charge in [0.1, 0.15) is 11.5 Å². The lowest BCUT2D eigenvalue weighted by atomic mass is 10.2. The highest BCUT2D eigenvalue weighted by Crippen LogP contribution is 2.18. The Morgan fingerprint density at radius 1 is 0.857 bits per heavy atom. The molecule has 21 heavy (non-hydrogen) atoms. The number of hydrogen-bond donors (Lipinski definition) is 0. The molecule has 2 rings (SSSR count). The van der Waals surface area contributed by atoms with E-state index in [-0.39, 0.29) is 11.8 Å². The molecule has 0 amide bonds. The summed E-state index contributed by atoms with van der Waals surface area (Å²) in [6.45, 7) is 2.93. The number of hydrogen-bond acceptors (Lipinski definition) is 4. The van der Waals surface area contributed by atoms with Gasteiger partial charge in [-0.3, -0.25) is 9.59 Å². The van der Waals surface area contributed by atoms with Gasteiger partial charge in [0.15, 0.2) is 5.78 Å². The lowest BCUT2D eigenvalue weighted by Gasteiger charge is -2.02. The number of carbonyl (C=O) groups excluding carboxylic acids is 2. The Morgan fingerprint density at radius 2 is 1.48 bits per heavy atom. The summed E-state index contributed by atoms with van der Waals surface area (Å²) in [5.41, 5.74) is 0.775. The van der Waals surface area contributed by atoms with Crippen molar-refractivity contribution in [3.05, 3.63) is 60.2 Å². The zero-order valence-electron chi connectivity index (χ0n) is 12.3. The van der Waals surface area contributed by atoms with E-state index in [1.54, 1.807) is 38.3 Å². The van der Waals surface area contributed by atoms with E-state index in [0.29, 0.717) is 11.5 Å². The first-order valence-electron chi connectivity index (χ1n) is 6.41. The van der Waals surface area contributed by atoms with Crippen LogP contribution in [0.2, 0.25) is 0 Å². The van der Waals surface area contributed by atoms with Gasteiger partial charge in [0.05, 0.1) is 7.11 Å². The van der Waals surface area contributed by atoms with E-state index in [1.807, 2.05) is 30.3 Å². The second kappa shape index (κ2) is 8.53. The van der Waals surface area contributed by atoms with Gasteiger partial charge in [0.2, 0.25) is 0 Å². The Labute approximate surface area is 124 Å². The van der Waals surface area contributed by atoms with Crippen LogP contribution in [0.15, 0.2) is 54.6 Å². The van der Waals surface area contributed by atoms with Crippen LogP contribution in [-0.4, -0.2) is 18.9 Å². The average Bonchev–Trinajstić information content (AvgIpc) is 2.48. The van der Waals surface area contributed by atoms with E-state index in [0.717, 1.165) is 5.56 Å². The number of methoxy groups -OCH3 is 1. The maximum Gasteiger partial charge on any atom is 0.308 e. The van der Waals surface area contributed by atoms with Gasteiger partial charge in [0.25, 0.3) is 0 Å². The van der Waals surface area contributed by atoms with Crippen LogP contribution >= 0.6 is 0 Å². The summed E-state index contributed by atoms with van der Waals surface area (Å²) in [6.07, 6.45) is 0. The predicted molar refractivity (Wildman–Crippen MR) is 80.7 cm³/mol. The zero-order chi connectivity index (χ0) is 15.7. The SMILES string of the molecule is CC(=O)c1ccccc1.COc1cccc(OC(C)=O)c1. The molecule has 0 aliphatic rings. The second-order valence-electron chi connectivity index (χ2n) is 4.19. The molecule has 0 saturated carbocycles. The van der Waals surface area contributed by atoms with Crippen LogP contribution in [0.5, 0.6) is 11.5 Å². The number of esters is 1. The number of Topliss-reactive ketones (excluding diaryl/α,β-unsaturated/α-hetero) is 1. The molecule has 0 N–H and O–H groups in total. The third-order valence-electron chi connectivity index (χ3n) is 2.48. The van der Waals surface area contributed by atoms with Crippen LogP contribution in [0, 0.1) is 0 Å². The minimum Gasteiger partial charge on any atom is -0.497 e. The Bertz CT molecular complexity index is 591. The van der Waals surface area contributed by atoms with Gasteiger partial charge in [0, 0.05) is 18.6 Å². The fraction of sp³-hybridized carbons (Fsp3) is 0.176. The van der Waals surface area contributed by atoms with E-state index >= 15 is 0 Å². The third-order valence-corrected chi connectivity index (χ3v) is 2.48. The van der Waals surface area contributed by atoms with Gasteiger partial charge < -0.3 is 9.47 Å². The number of ether oxygens (including phenoxy) is 2. The molecular weight excluding hydrogens is 268 g/mol. The molecule has 2 aromatic rings. The highest BCUT2D eigenvalue weighted by Gasteiger charge is 1.98. The van der Waals surface area contributed by atoms with Crippen molar-refractivity contribution in [2.24, 2.45) is 0 Å². The summed E-state index contributed by atoms with van der Waals surface area (Å²) in [5, 5.41) is 0. The van der Waals surface area contributed by atoms with Crippen LogP contribution in [0.25, 0.3) is 0 Å². The summed E-state index contributed by atoms with van der Waals surface area (Å²) >= 11 is 0. The smallest absolute Gasteiger partial charge is 0.308 e. The van der Waals surface area contributed by atoms with Crippen molar-refractivity contribution >= 4 is 11.8 Å². The maximum absolute atomic E-state index is 10.6. The molecule has 0 spiro atoms. The summed E-state index contributed by atoms with van der Waals surface area (Å²) in [7, 11) is 1.56. The molecule has 0 radical (unpaired) electrons. The van der Waals surface area contributed by atoms with E-state index in [9.17, 15) is 9.59 Å². The van der Waals surface area contributed by atoms with Crippen LogP contribution in [0.4, 0.5) is 0 Å². The van der Waals surface area contributed by atoms with Gasteiger partial charge in [-0.25, -0.2) is 0 Å². The first-order chi connectivity index (χ1) is 10.0. The van der Waals surface area contributed by atoms with Crippen molar-refractivity contribution in [2.75, 3.05) is 7.11 Å². The van der Waals surface area contributed by atoms with E-state index in [2.05, 4.69) is 0 Å². The fourth-order valence-electron chi connectivity index (χ4n) is 1.50. The van der Waals surface area contributed by atoms with Crippen molar-refractivity contribution in [1.29, 1.82) is 0 Å². The van der Waals surface area contributed by atoms with E-state index < -0.39 is 0 Å². The Balaban J connectivity index is 0.000000219. The summed E-state index contributed by atoms with van der Waals surface area (Å²) < 4.78 is 9.78. The molecule has 110 valence electrons.